The highest BCUT2D eigenvalue weighted by molar-refractivity contribution is 8.00. The fourth-order valence-electron chi connectivity index (χ4n) is 3.61. The molecule has 0 bridgehead atoms. The molecule has 1 saturated heterocycles. The van der Waals surface area contributed by atoms with Crippen LogP contribution in [0.1, 0.15) is 16.4 Å². The standard InChI is InChI=1S/C25H25N3O2S/c29-23-17-28(16-15-26-23)22-13-11-21(12-14-22)27-24(30)18-31-25(19-7-3-1-4-8-19)20-9-5-2-6-10-20/h1-14,25H,15-18H2,(H,26,29)(H,27,30). The first-order chi connectivity index (χ1) is 15.2. The van der Waals surface area contributed by atoms with Crippen LogP contribution in [0.4, 0.5) is 11.4 Å². The van der Waals surface area contributed by atoms with Gasteiger partial charge in [-0.2, -0.15) is 0 Å². The van der Waals surface area contributed by atoms with E-state index in [9.17, 15) is 9.59 Å². The van der Waals surface area contributed by atoms with Crippen LogP contribution in [-0.4, -0.2) is 37.2 Å². The average Bonchev–Trinajstić information content (AvgIpc) is 2.81. The van der Waals surface area contributed by atoms with Crippen molar-refractivity contribution in [1.82, 2.24) is 5.32 Å². The molecule has 2 N–H and O–H groups in total. The van der Waals surface area contributed by atoms with Crippen LogP contribution in [0, 0.1) is 0 Å². The molecule has 0 aliphatic carbocycles. The molecular formula is C25H25N3O2S. The first-order valence-electron chi connectivity index (χ1n) is 10.3. The van der Waals surface area contributed by atoms with Crippen LogP contribution in [0.25, 0.3) is 0 Å². The third-order valence-electron chi connectivity index (χ3n) is 5.14. The fourth-order valence-corrected chi connectivity index (χ4v) is 4.70. The van der Waals surface area contributed by atoms with Crippen molar-refractivity contribution in [2.24, 2.45) is 0 Å². The zero-order valence-corrected chi connectivity index (χ0v) is 18.0. The highest BCUT2D eigenvalue weighted by Gasteiger charge is 2.18. The molecule has 5 nitrogen and oxygen atoms in total. The van der Waals surface area contributed by atoms with E-state index in [0.717, 1.165) is 17.9 Å². The lowest BCUT2D eigenvalue weighted by molar-refractivity contribution is -0.120. The molecule has 1 aliphatic rings. The molecule has 0 aromatic heterocycles. The molecule has 0 saturated carbocycles. The van der Waals surface area contributed by atoms with Gasteiger partial charge in [0.25, 0.3) is 0 Å². The summed E-state index contributed by atoms with van der Waals surface area (Å²) < 4.78 is 0. The molecule has 6 heteroatoms. The molecule has 0 spiro atoms. The summed E-state index contributed by atoms with van der Waals surface area (Å²) in [6.07, 6.45) is 0. The van der Waals surface area contributed by atoms with Gasteiger partial charge in [-0.25, -0.2) is 0 Å². The number of nitrogens with one attached hydrogen (secondary N) is 2. The molecule has 31 heavy (non-hydrogen) atoms. The molecule has 1 aliphatic heterocycles. The molecule has 1 heterocycles. The van der Waals surface area contributed by atoms with Crippen molar-refractivity contribution in [3.8, 4) is 0 Å². The zero-order chi connectivity index (χ0) is 21.5. The molecule has 2 amide bonds. The Hall–Kier alpha value is -3.25. The second-order valence-corrected chi connectivity index (χ2v) is 8.47. The second kappa shape index (κ2) is 10.2. The summed E-state index contributed by atoms with van der Waals surface area (Å²) in [6.45, 7) is 1.80. The van der Waals surface area contributed by atoms with Gasteiger partial charge in [-0.15, -0.1) is 11.8 Å². The molecule has 0 radical (unpaired) electrons. The van der Waals surface area contributed by atoms with Crippen molar-refractivity contribution < 1.29 is 9.59 Å². The predicted octanol–water partition coefficient (Wildman–Crippen LogP) is 4.08. The third-order valence-corrected chi connectivity index (χ3v) is 6.45. The lowest BCUT2D eigenvalue weighted by atomic mass is 10.0. The van der Waals surface area contributed by atoms with E-state index in [1.165, 1.54) is 11.1 Å². The van der Waals surface area contributed by atoms with Gasteiger partial charge in [0, 0.05) is 24.5 Å². The SMILES string of the molecule is O=C1CN(c2ccc(NC(=O)CSC(c3ccccc3)c3ccccc3)cc2)CCN1. The Morgan fingerprint density at radius 2 is 1.55 bits per heavy atom. The van der Waals surface area contributed by atoms with Crippen molar-refractivity contribution in [3.05, 3.63) is 96.1 Å². The lowest BCUT2D eigenvalue weighted by Gasteiger charge is -2.28. The van der Waals surface area contributed by atoms with E-state index >= 15 is 0 Å². The quantitative estimate of drug-likeness (QED) is 0.592. The monoisotopic (exact) mass is 431 g/mol. The number of nitrogens with zero attached hydrogens (tertiary/aromatic N) is 1. The average molecular weight is 432 g/mol. The normalized spacial score (nSPS) is 13.7. The largest absolute Gasteiger partial charge is 0.360 e. The number of piperazine rings is 1. The van der Waals surface area contributed by atoms with E-state index in [0.29, 0.717) is 18.8 Å². The number of benzene rings is 3. The van der Waals surface area contributed by atoms with Crippen LogP contribution in [0.3, 0.4) is 0 Å². The second-order valence-electron chi connectivity index (χ2n) is 7.38. The topological polar surface area (TPSA) is 61.4 Å². The van der Waals surface area contributed by atoms with Gasteiger partial charge in [-0.3, -0.25) is 9.59 Å². The van der Waals surface area contributed by atoms with E-state index in [1.54, 1.807) is 11.8 Å². The summed E-state index contributed by atoms with van der Waals surface area (Å²) in [5, 5.41) is 5.91. The van der Waals surface area contributed by atoms with E-state index < -0.39 is 0 Å². The Morgan fingerprint density at radius 3 is 2.13 bits per heavy atom. The van der Waals surface area contributed by atoms with E-state index in [4.69, 9.17) is 0 Å². The van der Waals surface area contributed by atoms with Gasteiger partial charge < -0.3 is 15.5 Å². The first kappa shape index (κ1) is 21.0. The predicted molar refractivity (Wildman–Crippen MR) is 127 cm³/mol. The summed E-state index contributed by atoms with van der Waals surface area (Å²) in [7, 11) is 0. The summed E-state index contributed by atoms with van der Waals surface area (Å²) in [4.78, 5) is 26.2. The summed E-state index contributed by atoms with van der Waals surface area (Å²) in [5.41, 5.74) is 4.10. The molecule has 158 valence electrons. The minimum Gasteiger partial charge on any atom is -0.360 e. The Morgan fingerprint density at radius 1 is 0.935 bits per heavy atom. The fraction of sp³-hybridized carbons (Fsp3) is 0.200. The van der Waals surface area contributed by atoms with Crippen LogP contribution in [0.2, 0.25) is 0 Å². The van der Waals surface area contributed by atoms with E-state index in [2.05, 4.69) is 34.9 Å². The van der Waals surface area contributed by atoms with Crippen LogP contribution < -0.4 is 15.5 Å². The molecule has 0 atom stereocenters. The van der Waals surface area contributed by atoms with Crippen LogP contribution in [0.15, 0.2) is 84.9 Å². The molecule has 0 unspecified atom stereocenters. The van der Waals surface area contributed by atoms with Gasteiger partial charge in [-0.1, -0.05) is 60.7 Å². The first-order valence-corrected chi connectivity index (χ1v) is 11.4. The number of thioether (sulfide) groups is 1. The van der Waals surface area contributed by atoms with Crippen molar-refractivity contribution >= 4 is 35.0 Å². The van der Waals surface area contributed by atoms with Crippen molar-refractivity contribution in [2.45, 2.75) is 5.25 Å². The van der Waals surface area contributed by atoms with Gasteiger partial charge in [-0.05, 0) is 35.4 Å². The third kappa shape index (κ3) is 5.67. The zero-order valence-electron chi connectivity index (χ0n) is 17.2. The van der Waals surface area contributed by atoms with Crippen LogP contribution in [-0.2, 0) is 9.59 Å². The number of hydrogen-bond acceptors (Lipinski definition) is 4. The number of anilines is 2. The van der Waals surface area contributed by atoms with Crippen molar-refractivity contribution in [1.29, 1.82) is 0 Å². The number of carbonyl (C=O) groups is 2. The van der Waals surface area contributed by atoms with Crippen LogP contribution in [0.5, 0.6) is 0 Å². The molecule has 4 rings (SSSR count). The Bertz CT molecular complexity index is 970. The summed E-state index contributed by atoms with van der Waals surface area (Å²) in [5.74, 6) is 0.349. The maximum Gasteiger partial charge on any atom is 0.239 e. The molecule has 3 aromatic carbocycles. The van der Waals surface area contributed by atoms with Gasteiger partial charge in [0.1, 0.15) is 0 Å². The minimum atomic E-state index is -0.0352. The highest BCUT2D eigenvalue weighted by atomic mass is 32.2. The van der Waals surface area contributed by atoms with Crippen molar-refractivity contribution in [2.75, 3.05) is 35.6 Å². The maximum atomic E-state index is 12.6. The van der Waals surface area contributed by atoms with E-state index in [1.807, 2.05) is 65.6 Å². The number of carbonyl (C=O) groups excluding carboxylic acids is 2. The van der Waals surface area contributed by atoms with Gasteiger partial charge >= 0.3 is 0 Å². The number of amides is 2. The number of hydrogen-bond donors (Lipinski definition) is 2. The summed E-state index contributed by atoms with van der Waals surface area (Å²) in [6, 6.07) is 28.2. The van der Waals surface area contributed by atoms with Crippen LogP contribution >= 0.6 is 11.8 Å². The Balaban J connectivity index is 1.37. The maximum absolute atomic E-state index is 12.6. The Labute approximate surface area is 186 Å². The molecule has 1 fully saturated rings. The van der Waals surface area contributed by atoms with E-state index in [-0.39, 0.29) is 17.1 Å². The lowest BCUT2D eigenvalue weighted by Crippen LogP contribution is -2.47. The smallest absolute Gasteiger partial charge is 0.239 e. The highest BCUT2D eigenvalue weighted by Crippen LogP contribution is 2.35. The van der Waals surface area contributed by atoms with Gasteiger partial charge in [0.2, 0.25) is 11.8 Å². The number of rotatable bonds is 7. The van der Waals surface area contributed by atoms with Crippen molar-refractivity contribution in [3.63, 3.8) is 0 Å². The minimum absolute atomic E-state index is 0.0343. The molecular weight excluding hydrogens is 406 g/mol. The Kier molecular flexibility index (Phi) is 6.89. The summed E-state index contributed by atoms with van der Waals surface area (Å²) >= 11 is 1.62. The molecule has 3 aromatic rings. The van der Waals surface area contributed by atoms with Gasteiger partial charge in [0.05, 0.1) is 17.5 Å². The van der Waals surface area contributed by atoms with Gasteiger partial charge in [0.15, 0.2) is 0 Å².